The van der Waals surface area contributed by atoms with Crippen molar-refractivity contribution in [3.63, 3.8) is 0 Å². The van der Waals surface area contributed by atoms with E-state index in [9.17, 15) is 18.0 Å². The fourth-order valence-corrected chi connectivity index (χ4v) is 3.05. The Morgan fingerprint density at radius 2 is 2.00 bits per heavy atom. The number of nitrogens with one attached hydrogen (secondary N) is 1. The SMILES string of the molecule is CCS(=O)(=O)CCCN1C(=O)CNC(=O)C1C(C)C. The number of piperazine rings is 1. The van der Waals surface area contributed by atoms with Gasteiger partial charge in [0.05, 0.1) is 12.3 Å². The molecule has 0 saturated carbocycles. The minimum absolute atomic E-state index is 0.00256. The van der Waals surface area contributed by atoms with Crippen molar-refractivity contribution < 1.29 is 18.0 Å². The van der Waals surface area contributed by atoms with E-state index in [0.717, 1.165) is 0 Å². The normalized spacial score (nSPS) is 20.8. The van der Waals surface area contributed by atoms with Crippen LogP contribution in [-0.4, -0.2) is 55.8 Å². The Kier molecular flexibility index (Phi) is 5.34. The zero-order chi connectivity index (χ0) is 14.6. The Morgan fingerprint density at radius 3 is 2.53 bits per heavy atom. The van der Waals surface area contributed by atoms with E-state index in [1.165, 1.54) is 4.90 Å². The Labute approximate surface area is 114 Å². The van der Waals surface area contributed by atoms with Gasteiger partial charge in [0, 0.05) is 12.3 Å². The maximum absolute atomic E-state index is 11.8. The maximum atomic E-state index is 11.8. The summed E-state index contributed by atoms with van der Waals surface area (Å²) in [5, 5.41) is 2.56. The summed E-state index contributed by atoms with van der Waals surface area (Å²) in [6, 6.07) is -0.495. The number of carbonyl (C=O) groups is 2. The molecule has 1 aliphatic rings. The van der Waals surface area contributed by atoms with Crippen LogP contribution in [0.15, 0.2) is 0 Å². The number of nitrogens with zero attached hydrogens (tertiary/aromatic N) is 1. The summed E-state index contributed by atoms with van der Waals surface area (Å²) in [6.07, 6.45) is 0.373. The van der Waals surface area contributed by atoms with Gasteiger partial charge in [-0.15, -0.1) is 0 Å². The van der Waals surface area contributed by atoms with E-state index in [1.54, 1.807) is 6.92 Å². The smallest absolute Gasteiger partial charge is 0.243 e. The van der Waals surface area contributed by atoms with E-state index in [-0.39, 0.29) is 35.8 Å². The largest absolute Gasteiger partial charge is 0.345 e. The Morgan fingerprint density at radius 1 is 1.37 bits per heavy atom. The van der Waals surface area contributed by atoms with Crippen LogP contribution in [0.5, 0.6) is 0 Å². The van der Waals surface area contributed by atoms with Crippen LogP contribution in [0.3, 0.4) is 0 Å². The summed E-state index contributed by atoms with van der Waals surface area (Å²) in [6.45, 7) is 5.67. The van der Waals surface area contributed by atoms with Gasteiger partial charge in [0.2, 0.25) is 11.8 Å². The summed E-state index contributed by atoms with van der Waals surface area (Å²) in [5.74, 6) is -0.137. The molecule has 1 N–H and O–H groups in total. The number of sulfone groups is 1. The molecule has 0 aromatic rings. The molecule has 1 unspecified atom stereocenters. The summed E-state index contributed by atoms with van der Waals surface area (Å²) >= 11 is 0. The highest BCUT2D eigenvalue weighted by molar-refractivity contribution is 7.91. The highest BCUT2D eigenvalue weighted by atomic mass is 32.2. The van der Waals surface area contributed by atoms with Gasteiger partial charge >= 0.3 is 0 Å². The van der Waals surface area contributed by atoms with Crippen LogP contribution in [0.1, 0.15) is 27.2 Å². The van der Waals surface area contributed by atoms with Crippen molar-refractivity contribution in [2.24, 2.45) is 5.92 Å². The molecule has 0 radical (unpaired) electrons. The molecule has 1 heterocycles. The van der Waals surface area contributed by atoms with Crippen LogP contribution in [0.25, 0.3) is 0 Å². The maximum Gasteiger partial charge on any atom is 0.243 e. The second-order valence-electron chi connectivity index (χ2n) is 5.08. The average Bonchev–Trinajstić information content (AvgIpc) is 2.33. The Hall–Kier alpha value is -1.11. The molecule has 0 bridgehead atoms. The number of rotatable bonds is 6. The first-order chi connectivity index (χ1) is 8.78. The second kappa shape index (κ2) is 6.36. The molecule has 0 aromatic carbocycles. The molecule has 0 aromatic heterocycles. The number of carbonyl (C=O) groups excluding carboxylic acids is 2. The lowest BCUT2D eigenvalue weighted by Gasteiger charge is -2.37. The standard InChI is InChI=1S/C12H22N2O4S/c1-4-19(17,18)7-5-6-14-10(15)8-13-12(16)11(14)9(2)3/h9,11H,4-8H2,1-3H3,(H,13,16). The predicted octanol–water partition coefficient (Wildman–Crippen LogP) is -0.206. The van der Waals surface area contributed by atoms with Gasteiger partial charge in [-0.05, 0) is 12.3 Å². The van der Waals surface area contributed by atoms with Gasteiger partial charge in [-0.1, -0.05) is 20.8 Å². The van der Waals surface area contributed by atoms with E-state index in [0.29, 0.717) is 13.0 Å². The van der Waals surface area contributed by atoms with Gasteiger partial charge in [0.25, 0.3) is 0 Å². The number of hydrogen-bond donors (Lipinski definition) is 1. The third-order valence-electron chi connectivity index (χ3n) is 3.26. The molecule has 1 fully saturated rings. The first kappa shape index (κ1) is 15.9. The van der Waals surface area contributed by atoms with E-state index < -0.39 is 15.9 Å². The van der Waals surface area contributed by atoms with Crippen LogP contribution < -0.4 is 5.32 Å². The number of amides is 2. The second-order valence-corrected chi connectivity index (χ2v) is 7.56. The third-order valence-corrected chi connectivity index (χ3v) is 5.05. The molecule has 1 saturated heterocycles. The Balaban J connectivity index is 2.67. The van der Waals surface area contributed by atoms with Crippen LogP contribution in [0.4, 0.5) is 0 Å². The lowest BCUT2D eigenvalue weighted by molar-refractivity contribution is -0.147. The van der Waals surface area contributed by atoms with E-state index >= 15 is 0 Å². The van der Waals surface area contributed by atoms with Gasteiger partial charge in [-0.25, -0.2) is 8.42 Å². The van der Waals surface area contributed by atoms with Crippen molar-refractivity contribution in [2.45, 2.75) is 33.2 Å². The molecular formula is C12H22N2O4S. The topological polar surface area (TPSA) is 83.6 Å². The molecule has 1 aliphatic heterocycles. The van der Waals surface area contributed by atoms with Crippen molar-refractivity contribution in [3.8, 4) is 0 Å². The van der Waals surface area contributed by atoms with Gasteiger partial charge in [-0.3, -0.25) is 9.59 Å². The van der Waals surface area contributed by atoms with Gasteiger partial charge in [0.1, 0.15) is 15.9 Å². The third kappa shape index (κ3) is 4.19. The molecular weight excluding hydrogens is 268 g/mol. The molecule has 19 heavy (non-hydrogen) atoms. The van der Waals surface area contributed by atoms with Crippen LogP contribution in [0, 0.1) is 5.92 Å². The fourth-order valence-electron chi connectivity index (χ4n) is 2.19. The average molecular weight is 290 g/mol. The quantitative estimate of drug-likeness (QED) is 0.734. The summed E-state index contributed by atoms with van der Waals surface area (Å²) in [5.41, 5.74) is 0. The van der Waals surface area contributed by atoms with Crippen molar-refractivity contribution >= 4 is 21.7 Å². The van der Waals surface area contributed by atoms with Crippen LogP contribution in [-0.2, 0) is 19.4 Å². The van der Waals surface area contributed by atoms with Crippen LogP contribution in [0.2, 0.25) is 0 Å². The monoisotopic (exact) mass is 290 g/mol. The zero-order valence-corrected chi connectivity index (χ0v) is 12.5. The fraction of sp³-hybridized carbons (Fsp3) is 0.833. The molecule has 1 rings (SSSR count). The highest BCUT2D eigenvalue weighted by Crippen LogP contribution is 2.15. The summed E-state index contributed by atoms with van der Waals surface area (Å²) in [4.78, 5) is 25.1. The predicted molar refractivity (Wildman–Crippen MR) is 72.3 cm³/mol. The minimum atomic E-state index is -3.03. The lowest BCUT2D eigenvalue weighted by Crippen LogP contribution is -2.60. The molecule has 7 heteroatoms. The zero-order valence-electron chi connectivity index (χ0n) is 11.7. The van der Waals surface area contributed by atoms with Crippen molar-refractivity contribution in [1.29, 1.82) is 0 Å². The number of hydrogen-bond acceptors (Lipinski definition) is 4. The first-order valence-electron chi connectivity index (χ1n) is 6.56. The van der Waals surface area contributed by atoms with Crippen LogP contribution >= 0.6 is 0 Å². The molecule has 2 amide bonds. The van der Waals surface area contributed by atoms with E-state index in [4.69, 9.17) is 0 Å². The van der Waals surface area contributed by atoms with E-state index in [2.05, 4.69) is 5.32 Å². The lowest BCUT2D eigenvalue weighted by atomic mass is 9.99. The molecule has 110 valence electrons. The highest BCUT2D eigenvalue weighted by Gasteiger charge is 2.36. The minimum Gasteiger partial charge on any atom is -0.345 e. The van der Waals surface area contributed by atoms with Gasteiger partial charge in [-0.2, -0.15) is 0 Å². The first-order valence-corrected chi connectivity index (χ1v) is 8.38. The van der Waals surface area contributed by atoms with Crippen molar-refractivity contribution in [3.05, 3.63) is 0 Å². The van der Waals surface area contributed by atoms with E-state index in [1.807, 2.05) is 13.8 Å². The summed E-state index contributed by atoms with van der Waals surface area (Å²) in [7, 11) is -3.03. The molecule has 0 spiro atoms. The molecule has 6 nitrogen and oxygen atoms in total. The Bertz CT molecular complexity index is 445. The van der Waals surface area contributed by atoms with Gasteiger partial charge < -0.3 is 10.2 Å². The van der Waals surface area contributed by atoms with Gasteiger partial charge in [0.15, 0.2) is 0 Å². The van der Waals surface area contributed by atoms with Crippen molar-refractivity contribution in [2.75, 3.05) is 24.6 Å². The molecule has 1 atom stereocenters. The molecule has 0 aliphatic carbocycles. The summed E-state index contributed by atoms with van der Waals surface area (Å²) < 4.78 is 22.8. The van der Waals surface area contributed by atoms with Crippen molar-refractivity contribution in [1.82, 2.24) is 10.2 Å².